The normalized spacial score (nSPS) is 11.9. The molecule has 0 aliphatic carbocycles. The lowest BCUT2D eigenvalue weighted by Crippen LogP contribution is -1.95. The molecular weight excluding hydrogens is 327 g/mol. The first-order valence-electron chi connectivity index (χ1n) is 6.16. The summed E-state index contributed by atoms with van der Waals surface area (Å²) in [5.41, 5.74) is 1.35. The standard InChI is InChI=1S/C17H11Cl3O/c18-13(10-12-4-2-1-3-5-12)7-9-17(21)15-8-6-14(19)11-16(15)20/h1-11H/b9-7+,13-10-. The van der Waals surface area contributed by atoms with Gasteiger partial charge in [0, 0.05) is 15.6 Å². The highest BCUT2D eigenvalue weighted by Gasteiger charge is 2.07. The van der Waals surface area contributed by atoms with Gasteiger partial charge in [0.05, 0.1) is 5.02 Å². The summed E-state index contributed by atoms with van der Waals surface area (Å²) in [5.74, 6) is -0.226. The van der Waals surface area contributed by atoms with Gasteiger partial charge in [0.2, 0.25) is 0 Å². The molecule has 2 aromatic rings. The van der Waals surface area contributed by atoms with Gasteiger partial charge in [-0.3, -0.25) is 4.79 Å². The van der Waals surface area contributed by atoms with Gasteiger partial charge in [0.15, 0.2) is 5.78 Å². The smallest absolute Gasteiger partial charge is 0.187 e. The molecule has 0 atom stereocenters. The molecule has 21 heavy (non-hydrogen) atoms. The summed E-state index contributed by atoms with van der Waals surface area (Å²) in [6.45, 7) is 0. The minimum Gasteiger partial charge on any atom is -0.289 e. The van der Waals surface area contributed by atoms with Crippen LogP contribution in [0.25, 0.3) is 6.08 Å². The lowest BCUT2D eigenvalue weighted by atomic mass is 10.1. The maximum absolute atomic E-state index is 12.0. The van der Waals surface area contributed by atoms with E-state index in [4.69, 9.17) is 34.8 Å². The Hall–Kier alpha value is -1.54. The molecular formula is C17H11Cl3O. The van der Waals surface area contributed by atoms with Crippen molar-refractivity contribution in [3.8, 4) is 0 Å². The summed E-state index contributed by atoms with van der Waals surface area (Å²) < 4.78 is 0. The molecule has 0 fully saturated rings. The Kier molecular flexibility index (Phi) is 5.63. The van der Waals surface area contributed by atoms with Gasteiger partial charge in [0.1, 0.15) is 0 Å². The van der Waals surface area contributed by atoms with Gasteiger partial charge in [-0.25, -0.2) is 0 Å². The molecule has 0 saturated carbocycles. The van der Waals surface area contributed by atoms with Crippen molar-refractivity contribution in [2.45, 2.75) is 0 Å². The van der Waals surface area contributed by atoms with Crippen LogP contribution < -0.4 is 0 Å². The molecule has 2 rings (SSSR count). The molecule has 0 radical (unpaired) electrons. The summed E-state index contributed by atoms with van der Waals surface area (Å²) in [6, 6.07) is 14.3. The zero-order valence-corrected chi connectivity index (χ0v) is 13.2. The van der Waals surface area contributed by atoms with Crippen LogP contribution in [0.4, 0.5) is 0 Å². The lowest BCUT2D eigenvalue weighted by Gasteiger charge is -2.00. The van der Waals surface area contributed by atoms with Gasteiger partial charge in [0.25, 0.3) is 0 Å². The first-order chi connectivity index (χ1) is 10.1. The number of halogens is 3. The molecule has 0 amide bonds. The lowest BCUT2D eigenvalue weighted by molar-refractivity contribution is 0.104. The molecule has 0 bridgehead atoms. The third-order valence-electron chi connectivity index (χ3n) is 2.69. The van der Waals surface area contributed by atoms with Crippen molar-refractivity contribution >= 4 is 46.7 Å². The second-order valence-electron chi connectivity index (χ2n) is 4.26. The number of ketones is 1. The van der Waals surface area contributed by atoms with Crippen LogP contribution in [0.5, 0.6) is 0 Å². The number of hydrogen-bond donors (Lipinski definition) is 0. The monoisotopic (exact) mass is 336 g/mol. The molecule has 1 nitrogen and oxygen atoms in total. The van der Waals surface area contributed by atoms with Crippen LogP contribution in [-0.2, 0) is 0 Å². The molecule has 0 aliphatic heterocycles. The Bertz CT molecular complexity index is 703. The quantitative estimate of drug-likeness (QED) is 0.379. The SMILES string of the molecule is O=C(/C=C/C(Cl)=C/c1ccccc1)c1ccc(Cl)cc1Cl. The fraction of sp³-hybridized carbons (Fsp3) is 0. The molecule has 4 heteroatoms. The highest BCUT2D eigenvalue weighted by Crippen LogP contribution is 2.22. The zero-order valence-electron chi connectivity index (χ0n) is 10.9. The van der Waals surface area contributed by atoms with E-state index in [-0.39, 0.29) is 5.78 Å². The molecule has 106 valence electrons. The van der Waals surface area contributed by atoms with Gasteiger partial charge in [-0.2, -0.15) is 0 Å². The fourth-order valence-electron chi connectivity index (χ4n) is 1.69. The van der Waals surface area contributed by atoms with E-state index in [0.717, 1.165) is 5.56 Å². The molecule has 0 heterocycles. The van der Waals surface area contributed by atoms with Crippen LogP contribution in [-0.4, -0.2) is 5.78 Å². The Morgan fingerprint density at radius 1 is 0.952 bits per heavy atom. The first-order valence-corrected chi connectivity index (χ1v) is 7.29. The van der Waals surface area contributed by atoms with Crippen LogP contribution in [0.3, 0.4) is 0 Å². The van der Waals surface area contributed by atoms with E-state index in [1.165, 1.54) is 12.1 Å². The van der Waals surface area contributed by atoms with Crippen LogP contribution in [0.1, 0.15) is 15.9 Å². The van der Waals surface area contributed by atoms with E-state index in [1.54, 1.807) is 24.3 Å². The van der Waals surface area contributed by atoms with Crippen molar-refractivity contribution in [2.75, 3.05) is 0 Å². The molecule has 0 N–H and O–H groups in total. The summed E-state index contributed by atoms with van der Waals surface area (Å²) in [4.78, 5) is 12.0. The zero-order chi connectivity index (χ0) is 15.2. The van der Waals surface area contributed by atoms with E-state index in [0.29, 0.717) is 20.6 Å². The number of hydrogen-bond acceptors (Lipinski definition) is 1. The highest BCUT2D eigenvalue weighted by molar-refractivity contribution is 6.37. The summed E-state index contributed by atoms with van der Waals surface area (Å²) in [7, 11) is 0. The minimum atomic E-state index is -0.226. The van der Waals surface area contributed by atoms with Crippen molar-refractivity contribution in [2.24, 2.45) is 0 Å². The summed E-state index contributed by atoms with van der Waals surface area (Å²) >= 11 is 17.9. The predicted molar refractivity (Wildman–Crippen MR) is 90.2 cm³/mol. The predicted octanol–water partition coefficient (Wildman–Crippen LogP) is 6.01. The van der Waals surface area contributed by atoms with E-state index in [2.05, 4.69) is 0 Å². The van der Waals surface area contributed by atoms with Crippen molar-refractivity contribution in [1.82, 2.24) is 0 Å². The van der Waals surface area contributed by atoms with Crippen molar-refractivity contribution in [1.29, 1.82) is 0 Å². The molecule has 0 unspecified atom stereocenters. The first kappa shape index (κ1) is 15.8. The van der Waals surface area contributed by atoms with Crippen molar-refractivity contribution < 1.29 is 4.79 Å². The summed E-state index contributed by atoms with van der Waals surface area (Å²) in [5, 5.41) is 1.27. The topological polar surface area (TPSA) is 17.1 Å². The van der Waals surface area contributed by atoms with Gasteiger partial charge in [-0.05, 0) is 42.0 Å². The maximum Gasteiger partial charge on any atom is 0.187 e. The third-order valence-corrected chi connectivity index (χ3v) is 3.48. The highest BCUT2D eigenvalue weighted by atomic mass is 35.5. The van der Waals surface area contributed by atoms with Crippen LogP contribution in [0.2, 0.25) is 10.0 Å². The fourth-order valence-corrected chi connectivity index (χ4v) is 2.38. The number of carbonyl (C=O) groups excluding carboxylic acids is 1. The molecule has 0 spiro atoms. The van der Waals surface area contributed by atoms with E-state index < -0.39 is 0 Å². The maximum atomic E-state index is 12.0. The van der Waals surface area contributed by atoms with Gasteiger partial charge >= 0.3 is 0 Å². The largest absolute Gasteiger partial charge is 0.289 e. The van der Waals surface area contributed by atoms with E-state index in [9.17, 15) is 4.79 Å². The Balaban J connectivity index is 2.13. The number of benzene rings is 2. The van der Waals surface area contributed by atoms with Crippen LogP contribution >= 0.6 is 34.8 Å². The van der Waals surface area contributed by atoms with E-state index >= 15 is 0 Å². The Labute approximate surface area is 138 Å². The van der Waals surface area contributed by atoms with Gasteiger partial charge in [-0.1, -0.05) is 65.1 Å². The molecule has 0 aromatic heterocycles. The van der Waals surface area contributed by atoms with E-state index in [1.807, 2.05) is 30.3 Å². The Morgan fingerprint density at radius 3 is 2.33 bits per heavy atom. The van der Waals surface area contributed by atoms with Crippen molar-refractivity contribution in [3.63, 3.8) is 0 Å². The summed E-state index contributed by atoms with van der Waals surface area (Å²) in [6.07, 6.45) is 4.70. The number of allylic oxidation sites excluding steroid dienone is 3. The van der Waals surface area contributed by atoms with Crippen molar-refractivity contribution in [3.05, 3.63) is 86.9 Å². The third kappa shape index (κ3) is 4.75. The van der Waals surface area contributed by atoms with Gasteiger partial charge in [-0.15, -0.1) is 0 Å². The molecule has 0 aliphatic rings. The van der Waals surface area contributed by atoms with Gasteiger partial charge < -0.3 is 0 Å². The van der Waals surface area contributed by atoms with Crippen LogP contribution in [0, 0.1) is 0 Å². The minimum absolute atomic E-state index is 0.226. The number of rotatable bonds is 4. The second-order valence-corrected chi connectivity index (χ2v) is 5.54. The molecule has 0 saturated heterocycles. The average molecular weight is 338 g/mol. The Morgan fingerprint density at radius 2 is 1.67 bits per heavy atom. The number of carbonyl (C=O) groups is 1. The second kappa shape index (κ2) is 7.46. The van der Waals surface area contributed by atoms with Crippen LogP contribution in [0.15, 0.2) is 65.7 Å². The molecule has 2 aromatic carbocycles. The average Bonchev–Trinajstić information content (AvgIpc) is 2.46.